The number of hydrogen-bond donors (Lipinski definition) is 2. The highest BCUT2D eigenvalue weighted by Gasteiger charge is 2.30. The van der Waals surface area contributed by atoms with Gasteiger partial charge < -0.3 is 11.1 Å². The van der Waals surface area contributed by atoms with Crippen molar-refractivity contribution in [1.82, 2.24) is 5.32 Å². The van der Waals surface area contributed by atoms with Crippen LogP contribution in [0.5, 0.6) is 0 Å². The number of carbonyl (C=O) groups excluding carboxylic acids is 1. The second kappa shape index (κ2) is 6.66. The fourth-order valence-electron chi connectivity index (χ4n) is 2.48. The third-order valence-electron chi connectivity index (χ3n) is 3.48. The number of amides is 1. The van der Waals surface area contributed by atoms with Crippen molar-refractivity contribution < 1.29 is 4.79 Å². The molecule has 1 rings (SSSR count). The maximum Gasteiger partial charge on any atom is 0.222 e. The molecule has 0 bridgehead atoms. The van der Waals surface area contributed by atoms with Gasteiger partial charge in [-0.2, -0.15) is 0 Å². The van der Waals surface area contributed by atoms with Gasteiger partial charge in [0.2, 0.25) is 5.91 Å². The molecule has 1 unspecified atom stereocenters. The van der Waals surface area contributed by atoms with E-state index in [1.165, 1.54) is 6.42 Å². The predicted molar refractivity (Wildman–Crippen MR) is 70.3 cm³/mol. The Balaban J connectivity index is 2.40. The van der Waals surface area contributed by atoms with Gasteiger partial charge in [-0.1, -0.05) is 38.5 Å². The first-order valence-corrected chi connectivity index (χ1v) is 6.64. The van der Waals surface area contributed by atoms with Crippen LogP contribution in [-0.2, 0) is 4.79 Å². The molecule has 1 amide bonds. The molecule has 0 spiro atoms. The van der Waals surface area contributed by atoms with E-state index >= 15 is 0 Å². The summed E-state index contributed by atoms with van der Waals surface area (Å²) in [5.74, 6) is 2.62. The summed E-state index contributed by atoms with van der Waals surface area (Å²) in [6.45, 7) is 2.06. The van der Waals surface area contributed by atoms with Crippen LogP contribution in [-0.4, -0.2) is 17.5 Å². The molecule has 3 N–H and O–H groups in total. The van der Waals surface area contributed by atoms with Crippen molar-refractivity contribution in [3.05, 3.63) is 0 Å². The zero-order valence-electron chi connectivity index (χ0n) is 10.8. The lowest BCUT2D eigenvalue weighted by Gasteiger charge is -2.33. The van der Waals surface area contributed by atoms with Crippen molar-refractivity contribution >= 4 is 5.91 Å². The molecule has 96 valence electrons. The molecule has 0 radical (unpaired) electrons. The van der Waals surface area contributed by atoms with E-state index in [9.17, 15) is 4.79 Å². The van der Waals surface area contributed by atoms with Gasteiger partial charge in [0.25, 0.3) is 0 Å². The molecule has 1 aliphatic rings. The van der Waals surface area contributed by atoms with Crippen LogP contribution in [0, 0.1) is 12.3 Å². The average Bonchev–Trinajstić information content (AvgIpc) is 2.28. The van der Waals surface area contributed by atoms with Gasteiger partial charge in [0.1, 0.15) is 0 Å². The molecule has 0 aromatic heterocycles. The van der Waals surface area contributed by atoms with Crippen LogP contribution in [0.15, 0.2) is 0 Å². The quantitative estimate of drug-likeness (QED) is 0.717. The summed E-state index contributed by atoms with van der Waals surface area (Å²) >= 11 is 0. The highest BCUT2D eigenvalue weighted by molar-refractivity contribution is 5.77. The Labute approximate surface area is 105 Å². The standard InChI is InChI=1S/C14H24N2O/c1-3-8-12(4-2)16-13(17)11-14(15)9-6-5-7-10-14/h2,12H,3,5-11,15H2,1H3,(H,16,17). The van der Waals surface area contributed by atoms with Gasteiger partial charge in [-0.3, -0.25) is 4.79 Å². The van der Waals surface area contributed by atoms with E-state index in [2.05, 4.69) is 18.2 Å². The Kier molecular flexibility index (Phi) is 5.50. The van der Waals surface area contributed by atoms with E-state index in [-0.39, 0.29) is 17.5 Å². The molecular weight excluding hydrogens is 212 g/mol. The van der Waals surface area contributed by atoms with Crippen molar-refractivity contribution in [2.45, 2.75) is 69.9 Å². The van der Waals surface area contributed by atoms with Crippen molar-refractivity contribution in [2.24, 2.45) is 5.73 Å². The zero-order valence-corrected chi connectivity index (χ0v) is 10.8. The molecular formula is C14H24N2O. The molecule has 3 nitrogen and oxygen atoms in total. The van der Waals surface area contributed by atoms with Crippen LogP contribution in [0.2, 0.25) is 0 Å². The Hall–Kier alpha value is -1.01. The summed E-state index contributed by atoms with van der Waals surface area (Å²) in [5.41, 5.74) is 5.94. The Bertz CT molecular complexity index is 287. The summed E-state index contributed by atoms with van der Waals surface area (Å²) in [5, 5.41) is 2.89. The second-order valence-electron chi connectivity index (χ2n) is 5.18. The maximum absolute atomic E-state index is 11.9. The summed E-state index contributed by atoms with van der Waals surface area (Å²) in [6, 6.07) is -0.139. The molecule has 1 fully saturated rings. The molecule has 0 aromatic rings. The molecule has 1 atom stereocenters. The minimum atomic E-state index is -0.298. The SMILES string of the molecule is C#CC(CCC)NC(=O)CC1(N)CCCCC1. The number of nitrogens with one attached hydrogen (secondary N) is 1. The van der Waals surface area contributed by atoms with Crippen LogP contribution in [0.25, 0.3) is 0 Å². The highest BCUT2D eigenvalue weighted by atomic mass is 16.1. The molecule has 0 aliphatic heterocycles. The third-order valence-corrected chi connectivity index (χ3v) is 3.48. The van der Waals surface area contributed by atoms with Gasteiger partial charge in [0.05, 0.1) is 6.04 Å². The molecule has 17 heavy (non-hydrogen) atoms. The highest BCUT2D eigenvalue weighted by Crippen LogP contribution is 2.28. The van der Waals surface area contributed by atoms with Crippen molar-refractivity contribution in [1.29, 1.82) is 0 Å². The van der Waals surface area contributed by atoms with Gasteiger partial charge in [-0.15, -0.1) is 6.42 Å². The fourth-order valence-corrected chi connectivity index (χ4v) is 2.48. The monoisotopic (exact) mass is 236 g/mol. The Morgan fingerprint density at radius 3 is 2.65 bits per heavy atom. The van der Waals surface area contributed by atoms with Crippen LogP contribution in [0.1, 0.15) is 58.3 Å². The topological polar surface area (TPSA) is 55.1 Å². The van der Waals surface area contributed by atoms with E-state index in [1.54, 1.807) is 0 Å². The number of nitrogens with two attached hydrogens (primary N) is 1. The van der Waals surface area contributed by atoms with E-state index in [4.69, 9.17) is 12.2 Å². The minimum absolute atomic E-state index is 0.00537. The Morgan fingerprint density at radius 2 is 2.12 bits per heavy atom. The molecule has 3 heteroatoms. The predicted octanol–water partition coefficient (Wildman–Crippen LogP) is 1.96. The van der Waals surface area contributed by atoms with Crippen LogP contribution >= 0.6 is 0 Å². The first-order valence-electron chi connectivity index (χ1n) is 6.64. The lowest BCUT2D eigenvalue weighted by molar-refractivity contribution is -0.122. The number of carbonyl (C=O) groups is 1. The normalized spacial score (nSPS) is 20.3. The number of hydrogen-bond acceptors (Lipinski definition) is 2. The molecule has 1 saturated carbocycles. The van der Waals surface area contributed by atoms with Crippen LogP contribution in [0.3, 0.4) is 0 Å². The van der Waals surface area contributed by atoms with Gasteiger partial charge in [-0.05, 0) is 19.3 Å². The van der Waals surface area contributed by atoms with Crippen molar-refractivity contribution in [3.63, 3.8) is 0 Å². The maximum atomic E-state index is 11.9. The first kappa shape index (κ1) is 14.1. The van der Waals surface area contributed by atoms with E-state index in [0.717, 1.165) is 38.5 Å². The average molecular weight is 236 g/mol. The lowest BCUT2D eigenvalue weighted by Crippen LogP contribution is -2.47. The van der Waals surface area contributed by atoms with E-state index < -0.39 is 0 Å². The molecule has 0 aromatic carbocycles. The number of rotatable bonds is 5. The largest absolute Gasteiger partial charge is 0.342 e. The van der Waals surface area contributed by atoms with E-state index in [0.29, 0.717) is 6.42 Å². The fraction of sp³-hybridized carbons (Fsp3) is 0.786. The van der Waals surface area contributed by atoms with Gasteiger partial charge in [0.15, 0.2) is 0 Å². The smallest absolute Gasteiger partial charge is 0.222 e. The summed E-state index contributed by atoms with van der Waals surface area (Å²) in [7, 11) is 0. The first-order chi connectivity index (χ1) is 8.09. The Morgan fingerprint density at radius 1 is 1.47 bits per heavy atom. The molecule has 0 heterocycles. The molecule has 0 saturated heterocycles. The van der Waals surface area contributed by atoms with Gasteiger partial charge in [0, 0.05) is 12.0 Å². The van der Waals surface area contributed by atoms with Crippen molar-refractivity contribution in [2.75, 3.05) is 0 Å². The van der Waals surface area contributed by atoms with Gasteiger partial charge >= 0.3 is 0 Å². The second-order valence-corrected chi connectivity index (χ2v) is 5.18. The summed E-state index contributed by atoms with van der Waals surface area (Å²) in [6.07, 6.45) is 13.0. The third kappa shape index (κ3) is 4.79. The minimum Gasteiger partial charge on any atom is -0.342 e. The van der Waals surface area contributed by atoms with Crippen molar-refractivity contribution in [3.8, 4) is 12.3 Å². The zero-order chi connectivity index (χ0) is 12.7. The van der Waals surface area contributed by atoms with Gasteiger partial charge in [-0.25, -0.2) is 0 Å². The molecule has 1 aliphatic carbocycles. The lowest BCUT2D eigenvalue weighted by atomic mass is 9.80. The van der Waals surface area contributed by atoms with E-state index in [1.807, 2.05) is 0 Å². The summed E-state index contributed by atoms with van der Waals surface area (Å²) in [4.78, 5) is 11.9. The number of terminal acetylenes is 1. The van der Waals surface area contributed by atoms with Crippen LogP contribution in [0.4, 0.5) is 0 Å². The van der Waals surface area contributed by atoms with Crippen LogP contribution < -0.4 is 11.1 Å². The summed E-state index contributed by atoms with van der Waals surface area (Å²) < 4.78 is 0.